The van der Waals surface area contributed by atoms with Crippen molar-refractivity contribution < 1.29 is 0 Å². The second kappa shape index (κ2) is 6.23. The van der Waals surface area contributed by atoms with Crippen molar-refractivity contribution in [2.24, 2.45) is 0 Å². The molecule has 0 spiro atoms. The van der Waals surface area contributed by atoms with Crippen molar-refractivity contribution in [3.63, 3.8) is 0 Å². The van der Waals surface area contributed by atoms with E-state index in [2.05, 4.69) is 60.4 Å². The van der Waals surface area contributed by atoms with Gasteiger partial charge < -0.3 is 4.57 Å². The summed E-state index contributed by atoms with van der Waals surface area (Å²) >= 11 is 0. The van der Waals surface area contributed by atoms with Gasteiger partial charge in [0.15, 0.2) is 0 Å². The normalized spacial score (nSPS) is 10.5. The predicted octanol–water partition coefficient (Wildman–Crippen LogP) is 4.82. The monoisotopic (exact) mass is 321 g/mol. The highest BCUT2D eigenvalue weighted by Crippen LogP contribution is 2.25. The molecule has 0 fully saturated rings. The molecule has 0 atom stereocenters. The van der Waals surface area contributed by atoms with Crippen molar-refractivity contribution in [1.29, 1.82) is 0 Å². The molecular formula is C19H16ClN3. The number of halogens is 1. The predicted molar refractivity (Wildman–Crippen MR) is 96.3 cm³/mol. The molecule has 0 bridgehead atoms. The summed E-state index contributed by atoms with van der Waals surface area (Å²) in [5.74, 6) is 0. The lowest BCUT2D eigenvalue weighted by Gasteiger charge is -2.08. The van der Waals surface area contributed by atoms with Gasteiger partial charge in [-0.15, -0.1) is 12.4 Å². The lowest BCUT2D eigenvalue weighted by molar-refractivity contribution is 1.06. The van der Waals surface area contributed by atoms with Crippen LogP contribution < -0.4 is 0 Å². The van der Waals surface area contributed by atoms with E-state index >= 15 is 0 Å². The first kappa shape index (κ1) is 15.3. The van der Waals surface area contributed by atoms with Crippen molar-refractivity contribution >= 4 is 23.3 Å². The second-order valence-corrected chi connectivity index (χ2v) is 5.36. The number of imidazole rings is 1. The molecule has 23 heavy (non-hydrogen) atoms. The Morgan fingerprint density at radius 1 is 0.957 bits per heavy atom. The van der Waals surface area contributed by atoms with Crippen molar-refractivity contribution in [2.45, 2.75) is 6.92 Å². The zero-order valence-corrected chi connectivity index (χ0v) is 13.5. The fourth-order valence-electron chi connectivity index (χ4n) is 2.71. The van der Waals surface area contributed by atoms with Gasteiger partial charge in [-0.3, -0.25) is 0 Å². The standard InChI is InChI=1S/C19H15N3.ClH/c1-14-12-19(21-18-5-3-2-4-17(14)18)15-6-8-16(9-7-15)22-11-10-20-13-22;/h2-13H,1H3;1H. The van der Waals surface area contributed by atoms with Crippen LogP contribution in [0.3, 0.4) is 0 Å². The summed E-state index contributed by atoms with van der Waals surface area (Å²) in [5.41, 5.74) is 5.51. The summed E-state index contributed by atoms with van der Waals surface area (Å²) in [6.07, 6.45) is 5.52. The molecular weight excluding hydrogens is 306 g/mol. The van der Waals surface area contributed by atoms with Crippen LogP contribution in [0, 0.1) is 6.92 Å². The maximum atomic E-state index is 4.78. The highest BCUT2D eigenvalue weighted by molar-refractivity contribution is 5.85. The average Bonchev–Trinajstić information content (AvgIpc) is 3.09. The third kappa shape index (κ3) is 2.83. The third-order valence-corrected chi connectivity index (χ3v) is 3.89. The van der Waals surface area contributed by atoms with E-state index in [0.717, 1.165) is 22.5 Å². The van der Waals surface area contributed by atoms with Crippen LogP contribution in [0.2, 0.25) is 0 Å². The number of fused-ring (bicyclic) bond motifs is 1. The van der Waals surface area contributed by atoms with Gasteiger partial charge in [-0.2, -0.15) is 0 Å². The van der Waals surface area contributed by atoms with Crippen LogP contribution in [0.1, 0.15) is 5.56 Å². The van der Waals surface area contributed by atoms with Gasteiger partial charge in [-0.25, -0.2) is 9.97 Å². The topological polar surface area (TPSA) is 30.7 Å². The Morgan fingerprint density at radius 3 is 2.48 bits per heavy atom. The smallest absolute Gasteiger partial charge is 0.0991 e. The number of aromatic nitrogens is 3. The lowest BCUT2D eigenvalue weighted by atomic mass is 10.0. The molecule has 2 aromatic carbocycles. The number of rotatable bonds is 2. The summed E-state index contributed by atoms with van der Waals surface area (Å²) in [6, 6.07) is 18.8. The number of hydrogen-bond acceptors (Lipinski definition) is 2. The minimum absolute atomic E-state index is 0. The van der Waals surface area contributed by atoms with Crippen molar-refractivity contribution in [1.82, 2.24) is 14.5 Å². The largest absolute Gasteiger partial charge is 0.306 e. The summed E-state index contributed by atoms with van der Waals surface area (Å²) in [6.45, 7) is 2.13. The molecule has 2 heterocycles. The summed E-state index contributed by atoms with van der Waals surface area (Å²) in [5, 5.41) is 1.21. The van der Waals surface area contributed by atoms with Crippen LogP contribution in [0.4, 0.5) is 0 Å². The van der Waals surface area contributed by atoms with Gasteiger partial charge in [-0.1, -0.05) is 30.3 Å². The van der Waals surface area contributed by atoms with Gasteiger partial charge in [0, 0.05) is 29.0 Å². The van der Waals surface area contributed by atoms with E-state index < -0.39 is 0 Å². The van der Waals surface area contributed by atoms with Crippen LogP contribution in [-0.4, -0.2) is 14.5 Å². The van der Waals surface area contributed by atoms with Gasteiger partial charge in [0.1, 0.15) is 0 Å². The Labute approximate surface area is 141 Å². The van der Waals surface area contributed by atoms with Gasteiger partial charge in [0.2, 0.25) is 0 Å². The number of nitrogens with zero attached hydrogens (tertiary/aromatic N) is 3. The number of aryl methyl sites for hydroxylation is 1. The Kier molecular flexibility index (Phi) is 4.13. The maximum Gasteiger partial charge on any atom is 0.0991 e. The first-order valence-electron chi connectivity index (χ1n) is 7.26. The highest BCUT2D eigenvalue weighted by Gasteiger charge is 2.05. The number of para-hydroxylation sites is 1. The van der Waals surface area contributed by atoms with E-state index in [-0.39, 0.29) is 12.4 Å². The number of benzene rings is 2. The molecule has 3 nitrogen and oxygen atoms in total. The minimum Gasteiger partial charge on any atom is -0.306 e. The molecule has 0 saturated carbocycles. The van der Waals surface area contributed by atoms with Crippen LogP contribution >= 0.6 is 12.4 Å². The Bertz CT molecular complexity index is 929. The van der Waals surface area contributed by atoms with Crippen molar-refractivity contribution in [3.8, 4) is 16.9 Å². The van der Waals surface area contributed by atoms with Crippen LogP contribution in [-0.2, 0) is 0 Å². The molecule has 0 saturated heterocycles. The third-order valence-electron chi connectivity index (χ3n) is 3.89. The molecule has 4 aromatic rings. The van der Waals surface area contributed by atoms with Crippen molar-refractivity contribution in [2.75, 3.05) is 0 Å². The average molecular weight is 322 g/mol. The SMILES string of the molecule is Cc1cc(-c2ccc(-n3ccnc3)cc2)nc2ccccc12.Cl. The van der Waals surface area contributed by atoms with Crippen molar-refractivity contribution in [3.05, 3.63) is 78.9 Å². The van der Waals surface area contributed by atoms with Gasteiger partial charge in [0.25, 0.3) is 0 Å². The molecule has 0 aliphatic rings. The molecule has 114 valence electrons. The zero-order valence-electron chi connectivity index (χ0n) is 12.7. The van der Waals surface area contributed by atoms with E-state index in [9.17, 15) is 0 Å². The highest BCUT2D eigenvalue weighted by atomic mass is 35.5. The first-order chi connectivity index (χ1) is 10.8. The minimum atomic E-state index is 0. The number of pyridine rings is 1. The fourth-order valence-corrected chi connectivity index (χ4v) is 2.71. The molecule has 0 amide bonds. The van der Waals surface area contributed by atoms with Gasteiger partial charge >= 0.3 is 0 Å². The van der Waals surface area contributed by atoms with Crippen LogP contribution in [0.25, 0.3) is 27.8 Å². The van der Waals surface area contributed by atoms with E-state index in [1.807, 2.05) is 16.8 Å². The Balaban J connectivity index is 0.00000156. The lowest BCUT2D eigenvalue weighted by Crippen LogP contribution is -1.91. The Morgan fingerprint density at radius 2 is 1.74 bits per heavy atom. The molecule has 4 rings (SSSR count). The first-order valence-corrected chi connectivity index (χ1v) is 7.26. The maximum absolute atomic E-state index is 4.78. The molecule has 0 aliphatic carbocycles. The molecule has 0 unspecified atom stereocenters. The number of hydrogen-bond donors (Lipinski definition) is 0. The van der Waals surface area contributed by atoms with Gasteiger partial charge in [-0.05, 0) is 36.8 Å². The van der Waals surface area contributed by atoms with Gasteiger partial charge in [0.05, 0.1) is 17.5 Å². The van der Waals surface area contributed by atoms with E-state index in [1.54, 1.807) is 12.5 Å². The molecule has 4 heteroatoms. The molecule has 0 N–H and O–H groups in total. The molecule has 0 radical (unpaired) electrons. The summed E-state index contributed by atoms with van der Waals surface area (Å²) in [7, 11) is 0. The van der Waals surface area contributed by atoms with Crippen LogP contribution in [0.5, 0.6) is 0 Å². The van der Waals surface area contributed by atoms with E-state index in [4.69, 9.17) is 4.98 Å². The quantitative estimate of drug-likeness (QED) is 0.530. The summed E-state index contributed by atoms with van der Waals surface area (Å²) in [4.78, 5) is 8.86. The fraction of sp³-hybridized carbons (Fsp3) is 0.0526. The van der Waals surface area contributed by atoms with E-state index in [1.165, 1.54) is 10.9 Å². The summed E-state index contributed by atoms with van der Waals surface area (Å²) < 4.78 is 1.99. The Hall–Kier alpha value is -2.65. The van der Waals surface area contributed by atoms with E-state index in [0.29, 0.717) is 0 Å². The molecule has 2 aromatic heterocycles. The molecule has 0 aliphatic heterocycles. The zero-order chi connectivity index (χ0) is 14.9. The second-order valence-electron chi connectivity index (χ2n) is 5.36. The van der Waals surface area contributed by atoms with Crippen LogP contribution in [0.15, 0.2) is 73.3 Å².